The quantitative estimate of drug-likeness (QED) is 0.463. The Bertz CT molecular complexity index is 523. The van der Waals surface area contributed by atoms with Crippen molar-refractivity contribution >= 4 is 35.4 Å². The summed E-state index contributed by atoms with van der Waals surface area (Å²) >= 11 is 6.55. The smallest absolute Gasteiger partial charge is 0.335 e. The molecule has 1 aromatic rings. The van der Waals surface area contributed by atoms with Crippen molar-refractivity contribution < 1.29 is 24.6 Å². The zero-order valence-electron chi connectivity index (χ0n) is 9.16. The lowest BCUT2D eigenvalue weighted by Gasteiger charge is -2.06. The summed E-state index contributed by atoms with van der Waals surface area (Å²) in [4.78, 5) is 35.9. The van der Waals surface area contributed by atoms with Gasteiger partial charge in [0.1, 0.15) is 0 Å². The van der Waals surface area contributed by atoms with Crippen LogP contribution in [0.15, 0.2) is 23.1 Å². The highest BCUT2D eigenvalue weighted by molar-refractivity contribution is 7.98. The Morgan fingerprint density at radius 2 is 2.21 bits per heavy atom. The van der Waals surface area contributed by atoms with Crippen molar-refractivity contribution in [3.8, 4) is 0 Å². The molecule has 0 bridgehead atoms. The van der Waals surface area contributed by atoms with Gasteiger partial charge in [-0.2, -0.15) is 0 Å². The van der Waals surface area contributed by atoms with Gasteiger partial charge in [0.05, 0.1) is 10.6 Å². The van der Waals surface area contributed by atoms with Gasteiger partial charge in [0.2, 0.25) is 0 Å². The first-order valence-electron chi connectivity index (χ1n) is 4.66. The van der Waals surface area contributed by atoms with Crippen LogP contribution in [-0.2, 0) is 9.63 Å². The van der Waals surface area contributed by atoms with Gasteiger partial charge in [-0.3, -0.25) is 9.52 Å². The van der Waals surface area contributed by atoms with Gasteiger partial charge in [-0.25, -0.2) is 4.79 Å². The van der Waals surface area contributed by atoms with Gasteiger partial charge < -0.3 is 9.94 Å². The van der Waals surface area contributed by atoms with Crippen molar-refractivity contribution in [1.29, 1.82) is 0 Å². The standard InChI is InChI=1S/C9H7ClN2O6S/c10-6-2-1-5(9(14)15)3-7(6)19-11-8(13)4-18-12(16)17/h1-3H,4H2,(H,11,13)(H,14,15). The third-order valence-corrected chi connectivity index (χ3v) is 3.08. The van der Waals surface area contributed by atoms with E-state index in [2.05, 4.69) is 9.56 Å². The van der Waals surface area contributed by atoms with E-state index in [1.54, 1.807) is 0 Å². The van der Waals surface area contributed by atoms with Gasteiger partial charge in [0, 0.05) is 4.90 Å². The number of aromatic carboxylic acids is 1. The number of benzene rings is 1. The molecule has 8 nitrogen and oxygen atoms in total. The number of halogens is 1. The monoisotopic (exact) mass is 306 g/mol. The lowest BCUT2D eigenvalue weighted by atomic mass is 10.2. The first-order valence-corrected chi connectivity index (χ1v) is 5.85. The van der Waals surface area contributed by atoms with Gasteiger partial charge in [-0.1, -0.05) is 11.6 Å². The van der Waals surface area contributed by atoms with E-state index in [9.17, 15) is 19.7 Å². The summed E-state index contributed by atoms with van der Waals surface area (Å²) < 4.78 is 2.23. The van der Waals surface area contributed by atoms with E-state index < -0.39 is 23.6 Å². The molecule has 1 rings (SSSR count). The number of hydrogen-bond acceptors (Lipinski definition) is 6. The summed E-state index contributed by atoms with van der Waals surface area (Å²) in [5, 5.41) is 17.8. The second-order valence-electron chi connectivity index (χ2n) is 3.07. The first-order chi connectivity index (χ1) is 8.90. The Morgan fingerprint density at radius 3 is 2.79 bits per heavy atom. The summed E-state index contributed by atoms with van der Waals surface area (Å²) in [5.41, 5.74) is 0.00249. The molecule has 0 heterocycles. The number of nitrogens with one attached hydrogen (secondary N) is 1. The van der Waals surface area contributed by atoms with Crippen LogP contribution in [0.1, 0.15) is 10.4 Å². The highest BCUT2D eigenvalue weighted by Crippen LogP contribution is 2.26. The van der Waals surface area contributed by atoms with Crippen LogP contribution >= 0.6 is 23.5 Å². The van der Waals surface area contributed by atoms with Crippen molar-refractivity contribution in [3.63, 3.8) is 0 Å². The average Bonchev–Trinajstić information content (AvgIpc) is 2.35. The predicted octanol–water partition coefficient (Wildman–Crippen LogP) is 1.37. The highest BCUT2D eigenvalue weighted by Gasteiger charge is 2.10. The van der Waals surface area contributed by atoms with E-state index in [1.807, 2.05) is 0 Å². The Hall–Kier alpha value is -2.00. The number of carbonyl (C=O) groups excluding carboxylic acids is 1. The molecular formula is C9H7ClN2O6S. The summed E-state index contributed by atoms with van der Waals surface area (Å²) in [6.45, 7) is -0.754. The van der Waals surface area contributed by atoms with Crippen LogP contribution in [0.2, 0.25) is 5.02 Å². The van der Waals surface area contributed by atoms with Crippen molar-refractivity contribution in [2.75, 3.05) is 6.61 Å². The molecule has 0 aromatic heterocycles. The molecular weight excluding hydrogens is 300 g/mol. The Labute approximate surface area is 115 Å². The number of carboxylic acids is 1. The van der Waals surface area contributed by atoms with E-state index in [0.717, 1.165) is 11.9 Å². The van der Waals surface area contributed by atoms with Crippen molar-refractivity contribution in [2.24, 2.45) is 0 Å². The first kappa shape index (κ1) is 15.1. The number of rotatable bonds is 6. The van der Waals surface area contributed by atoms with E-state index >= 15 is 0 Å². The molecule has 0 spiro atoms. The van der Waals surface area contributed by atoms with Crippen LogP contribution in [0.5, 0.6) is 0 Å². The Kier molecular flexibility index (Phi) is 5.39. The summed E-state index contributed by atoms with van der Waals surface area (Å²) in [6, 6.07) is 3.95. The third kappa shape index (κ3) is 5.02. The largest absolute Gasteiger partial charge is 0.478 e. The maximum atomic E-state index is 11.1. The number of carboxylic acid groups (broad SMARTS) is 1. The number of nitrogens with zero attached hydrogens (tertiary/aromatic N) is 1. The van der Waals surface area contributed by atoms with Crippen molar-refractivity contribution in [1.82, 2.24) is 4.72 Å². The molecule has 2 N–H and O–H groups in total. The van der Waals surface area contributed by atoms with E-state index in [0.29, 0.717) is 4.90 Å². The van der Waals surface area contributed by atoms with Gasteiger partial charge in [0.15, 0.2) is 6.61 Å². The zero-order chi connectivity index (χ0) is 14.4. The van der Waals surface area contributed by atoms with Crippen molar-refractivity contribution in [3.05, 3.63) is 38.9 Å². The third-order valence-electron chi connectivity index (χ3n) is 1.75. The Morgan fingerprint density at radius 1 is 1.53 bits per heavy atom. The minimum atomic E-state index is -1.14. The van der Waals surface area contributed by atoms with E-state index in [-0.39, 0.29) is 10.6 Å². The molecule has 0 aliphatic rings. The molecule has 19 heavy (non-hydrogen) atoms. The molecule has 0 aliphatic heterocycles. The lowest BCUT2D eigenvalue weighted by molar-refractivity contribution is -0.754. The fourth-order valence-corrected chi connectivity index (χ4v) is 1.83. The number of hydrogen-bond donors (Lipinski definition) is 2. The molecule has 1 aromatic carbocycles. The summed E-state index contributed by atoms with van der Waals surface area (Å²) in [5.74, 6) is -1.89. The SMILES string of the molecule is O=C(CO[N+](=O)[O-])NSc1cc(C(=O)O)ccc1Cl. The Balaban J connectivity index is 2.62. The normalized spacial score (nSPS) is 9.74. The fourth-order valence-electron chi connectivity index (χ4n) is 0.967. The predicted molar refractivity (Wildman–Crippen MR) is 65.4 cm³/mol. The van der Waals surface area contributed by atoms with Crippen molar-refractivity contribution in [2.45, 2.75) is 4.90 Å². The van der Waals surface area contributed by atoms with Crippen LogP contribution in [0, 0.1) is 10.1 Å². The molecule has 0 atom stereocenters. The van der Waals surface area contributed by atoms with Crippen LogP contribution < -0.4 is 4.72 Å². The topological polar surface area (TPSA) is 119 Å². The second kappa shape index (κ2) is 6.81. The molecule has 0 aliphatic carbocycles. The van der Waals surface area contributed by atoms with Crippen LogP contribution in [0.25, 0.3) is 0 Å². The molecule has 0 saturated heterocycles. The minimum absolute atomic E-state index is 0.00249. The molecule has 0 fully saturated rings. The molecule has 1 amide bonds. The molecule has 0 radical (unpaired) electrons. The molecule has 0 saturated carbocycles. The maximum absolute atomic E-state index is 11.1. The van der Waals surface area contributed by atoms with Crippen LogP contribution in [-0.4, -0.2) is 28.7 Å². The highest BCUT2D eigenvalue weighted by atomic mass is 35.5. The number of carbonyl (C=O) groups is 2. The van der Waals surface area contributed by atoms with E-state index in [1.165, 1.54) is 18.2 Å². The van der Waals surface area contributed by atoms with Gasteiger partial charge in [0.25, 0.3) is 11.0 Å². The lowest BCUT2D eigenvalue weighted by Crippen LogP contribution is -2.23. The number of amides is 1. The summed E-state index contributed by atoms with van der Waals surface area (Å²) in [7, 11) is 0. The molecule has 102 valence electrons. The second-order valence-corrected chi connectivity index (χ2v) is 4.33. The molecule has 10 heteroatoms. The maximum Gasteiger partial charge on any atom is 0.335 e. The van der Waals surface area contributed by atoms with Crippen LogP contribution in [0.4, 0.5) is 0 Å². The molecule has 0 unspecified atom stereocenters. The zero-order valence-corrected chi connectivity index (χ0v) is 10.7. The summed E-state index contributed by atoms with van der Waals surface area (Å²) in [6.07, 6.45) is 0. The fraction of sp³-hybridized carbons (Fsp3) is 0.111. The van der Waals surface area contributed by atoms with Gasteiger partial charge >= 0.3 is 5.97 Å². The van der Waals surface area contributed by atoms with Crippen LogP contribution in [0.3, 0.4) is 0 Å². The van der Waals surface area contributed by atoms with Gasteiger partial charge in [-0.05, 0) is 30.1 Å². The average molecular weight is 307 g/mol. The van der Waals surface area contributed by atoms with Gasteiger partial charge in [-0.15, -0.1) is 10.1 Å². The van der Waals surface area contributed by atoms with E-state index in [4.69, 9.17) is 16.7 Å². The minimum Gasteiger partial charge on any atom is -0.478 e.